The highest BCUT2D eigenvalue weighted by Gasteiger charge is 2.31. The number of aryl methyl sites for hydroxylation is 1. The third kappa shape index (κ3) is 3.14. The maximum atomic E-state index is 13.0. The first kappa shape index (κ1) is 17.5. The standard InChI is InChI=1S/C18H18N4O4S/c1-22-10-16(17(20-22)11-4-2-5-11)27(25,26)21-14-7-3-6-12-8-15(18(23)24)19-9-13(12)14/h3,6-11,21H,2,4-5H2,1H3,(H,23,24). The van der Waals surface area contributed by atoms with Gasteiger partial charge in [0.1, 0.15) is 10.6 Å². The molecule has 2 aromatic heterocycles. The van der Waals surface area contributed by atoms with Crippen LogP contribution in [0, 0.1) is 0 Å². The molecule has 0 saturated heterocycles. The monoisotopic (exact) mass is 386 g/mol. The molecule has 1 aliphatic carbocycles. The number of rotatable bonds is 5. The zero-order valence-electron chi connectivity index (χ0n) is 14.6. The summed E-state index contributed by atoms with van der Waals surface area (Å²) in [5.74, 6) is -0.964. The van der Waals surface area contributed by atoms with Gasteiger partial charge >= 0.3 is 5.97 Å². The number of hydrogen-bond acceptors (Lipinski definition) is 5. The predicted octanol–water partition coefficient (Wildman–Crippen LogP) is 2.73. The number of hydrogen-bond donors (Lipinski definition) is 2. The van der Waals surface area contributed by atoms with Gasteiger partial charge in [-0.15, -0.1) is 0 Å². The first-order chi connectivity index (χ1) is 12.8. The maximum absolute atomic E-state index is 13.0. The molecule has 8 nitrogen and oxygen atoms in total. The van der Waals surface area contributed by atoms with Gasteiger partial charge in [0.05, 0.1) is 11.4 Å². The van der Waals surface area contributed by atoms with Gasteiger partial charge in [-0.05, 0) is 30.4 Å². The van der Waals surface area contributed by atoms with Crippen molar-refractivity contribution in [1.82, 2.24) is 14.8 Å². The van der Waals surface area contributed by atoms with Gasteiger partial charge in [-0.25, -0.2) is 18.2 Å². The maximum Gasteiger partial charge on any atom is 0.354 e. The molecule has 1 fully saturated rings. The van der Waals surface area contributed by atoms with E-state index in [0.29, 0.717) is 22.2 Å². The molecule has 0 radical (unpaired) electrons. The zero-order valence-corrected chi connectivity index (χ0v) is 15.4. The Kier molecular flexibility index (Phi) is 4.11. The molecular weight excluding hydrogens is 368 g/mol. The summed E-state index contributed by atoms with van der Waals surface area (Å²) in [6.07, 6.45) is 5.84. The Bertz CT molecular complexity index is 1150. The Labute approximate surface area is 155 Å². The van der Waals surface area contributed by atoms with Crippen LogP contribution < -0.4 is 4.72 Å². The largest absolute Gasteiger partial charge is 0.477 e. The number of carbonyl (C=O) groups is 1. The lowest BCUT2D eigenvalue weighted by Gasteiger charge is -2.24. The number of benzene rings is 1. The average molecular weight is 386 g/mol. The Hall–Kier alpha value is -2.94. The van der Waals surface area contributed by atoms with Gasteiger partial charge in [0.25, 0.3) is 10.0 Å². The van der Waals surface area contributed by atoms with E-state index in [1.165, 1.54) is 23.1 Å². The highest BCUT2D eigenvalue weighted by Crippen LogP contribution is 2.39. The second kappa shape index (κ2) is 6.34. The summed E-state index contributed by atoms with van der Waals surface area (Å²) in [7, 11) is -2.13. The van der Waals surface area contributed by atoms with Gasteiger partial charge in [0.2, 0.25) is 0 Å². The topological polar surface area (TPSA) is 114 Å². The lowest BCUT2D eigenvalue weighted by molar-refractivity contribution is 0.0690. The Morgan fingerprint density at radius 1 is 1.33 bits per heavy atom. The molecule has 4 rings (SSSR count). The number of nitrogens with zero attached hydrogens (tertiary/aromatic N) is 3. The summed E-state index contributed by atoms with van der Waals surface area (Å²) in [5, 5.41) is 14.6. The Balaban J connectivity index is 1.74. The number of fused-ring (bicyclic) bond motifs is 1. The fourth-order valence-corrected chi connectivity index (χ4v) is 4.58. The van der Waals surface area contributed by atoms with Crippen LogP contribution >= 0.6 is 0 Å². The van der Waals surface area contributed by atoms with Crippen molar-refractivity contribution < 1.29 is 18.3 Å². The molecule has 0 unspecified atom stereocenters. The molecule has 0 aliphatic heterocycles. The van der Waals surface area contributed by atoms with Crippen molar-refractivity contribution in [2.45, 2.75) is 30.1 Å². The van der Waals surface area contributed by atoms with E-state index < -0.39 is 16.0 Å². The lowest BCUT2D eigenvalue weighted by Crippen LogP contribution is -2.18. The molecule has 0 bridgehead atoms. The molecule has 1 aliphatic rings. The summed E-state index contributed by atoms with van der Waals surface area (Å²) in [6, 6.07) is 6.42. The van der Waals surface area contributed by atoms with Gasteiger partial charge in [0, 0.05) is 30.7 Å². The molecule has 2 N–H and O–H groups in total. The SMILES string of the molecule is Cn1cc(S(=O)(=O)Nc2cccc3cc(C(=O)O)ncc23)c(C2CCC2)n1. The molecule has 27 heavy (non-hydrogen) atoms. The Morgan fingerprint density at radius 3 is 2.78 bits per heavy atom. The third-order valence-corrected chi connectivity index (χ3v) is 6.21. The van der Waals surface area contributed by atoms with E-state index in [9.17, 15) is 13.2 Å². The quantitative estimate of drug-likeness (QED) is 0.697. The summed E-state index contributed by atoms with van der Waals surface area (Å²) in [4.78, 5) is 15.2. The minimum absolute atomic E-state index is 0.0953. The lowest BCUT2D eigenvalue weighted by atomic mass is 9.83. The summed E-state index contributed by atoms with van der Waals surface area (Å²) in [5.41, 5.74) is 0.852. The van der Waals surface area contributed by atoms with E-state index in [2.05, 4.69) is 14.8 Å². The smallest absolute Gasteiger partial charge is 0.354 e. The van der Waals surface area contributed by atoms with Gasteiger partial charge in [0.15, 0.2) is 0 Å². The number of aromatic carboxylic acids is 1. The predicted molar refractivity (Wildman–Crippen MR) is 99.3 cm³/mol. The zero-order chi connectivity index (χ0) is 19.2. The molecule has 1 aromatic carbocycles. The van der Waals surface area contributed by atoms with Crippen LogP contribution in [-0.2, 0) is 17.1 Å². The van der Waals surface area contributed by atoms with Crippen LogP contribution in [0.25, 0.3) is 10.8 Å². The van der Waals surface area contributed by atoms with E-state index >= 15 is 0 Å². The number of sulfonamides is 1. The minimum atomic E-state index is -3.84. The van der Waals surface area contributed by atoms with Gasteiger partial charge < -0.3 is 5.11 Å². The van der Waals surface area contributed by atoms with E-state index in [1.807, 2.05) is 0 Å². The van der Waals surface area contributed by atoms with Crippen LogP contribution in [0.4, 0.5) is 5.69 Å². The summed E-state index contributed by atoms with van der Waals surface area (Å²) >= 11 is 0. The van der Waals surface area contributed by atoms with Crippen molar-refractivity contribution in [3.8, 4) is 0 Å². The van der Waals surface area contributed by atoms with E-state index in [1.54, 1.807) is 25.2 Å². The van der Waals surface area contributed by atoms with Crippen molar-refractivity contribution in [3.05, 3.63) is 48.0 Å². The second-order valence-electron chi connectivity index (χ2n) is 6.69. The molecule has 0 amide bonds. The summed E-state index contributed by atoms with van der Waals surface area (Å²) in [6.45, 7) is 0. The van der Waals surface area contributed by atoms with Crippen molar-refractivity contribution >= 4 is 32.5 Å². The number of pyridine rings is 1. The van der Waals surface area contributed by atoms with E-state index in [0.717, 1.165) is 19.3 Å². The van der Waals surface area contributed by atoms with Gasteiger partial charge in [-0.3, -0.25) is 9.40 Å². The number of carboxylic acid groups (broad SMARTS) is 1. The number of carboxylic acids is 1. The molecule has 1 saturated carbocycles. The normalized spacial score (nSPS) is 14.9. The van der Waals surface area contributed by atoms with Crippen LogP contribution in [0.1, 0.15) is 41.4 Å². The van der Waals surface area contributed by atoms with E-state index in [-0.39, 0.29) is 16.5 Å². The first-order valence-corrected chi connectivity index (χ1v) is 10.0. The van der Waals surface area contributed by atoms with E-state index in [4.69, 9.17) is 5.11 Å². The molecule has 0 atom stereocenters. The highest BCUT2D eigenvalue weighted by atomic mass is 32.2. The second-order valence-corrected chi connectivity index (χ2v) is 8.34. The number of nitrogens with one attached hydrogen (secondary N) is 1. The van der Waals surface area contributed by atoms with Gasteiger partial charge in [-0.1, -0.05) is 18.6 Å². The Morgan fingerprint density at radius 2 is 2.11 bits per heavy atom. The fraction of sp³-hybridized carbons (Fsp3) is 0.278. The number of anilines is 1. The van der Waals surface area contributed by atoms with Crippen LogP contribution in [0.15, 0.2) is 41.6 Å². The molecule has 3 aromatic rings. The first-order valence-electron chi connectivity index (χ1n) is 8.53. The van der Waals surface area contributed by atoms with Crippen molar-refractivity contribution in [2.75, 3.05) is 4.72 Å². The van der Waals surface area contributed by atoms with Crippen LogP contribution in [0.3, 0.4) is 0 Å². The molecule has 2 heterocycles. The minimum Gasteiger partial charge on any atom is -0.477 e. The highest BCUT2D eigenvalue weighted by molar-refractivity contribution is 7.92. The van der Waals surface area contributed by atoms with Crippen molar-refractivity contribution in [1.29, 1.82) is 0 Å². The summed E-state index contributed by atoms with van der Waals surface area (Å²) < 4.78 is 30.2. The van der Waals surface area contributed by atoms with Crippen LogP contribution in [0.5, 0.6) is 0 Å². The van der Waals surface area contributed by atoms with Gasteiger partial charge in [-0.2, -0.15) is 5.10 Å². The van der Waals surface area contributed by atoms with Crippen molar-refractivity contribution in [2.24, 2.45) is 7.05 Å². The molecule has 140 valence electrons. The van der Waals surface area contributed by atoms with Crippen LogP contribution in [-0.4, -0.2) is 34.3 Å². The fourth-order valence-electron chi connectivity index (χ4n) is 3.23. The number of aromatic nitrogens is 3. The molecule has 0 spiro atoms. The third-order valence-electron chi connectivity index (χ3n) is 4.83. The average Bonchev–Trinajstić information content (AvgIpc) is 2.95. The molecule has 9 heteroatoms. The van der Waals surface area contributed by atoms with Crippen LogP contribution in [0.2, 0.25) is 0 Å². The molecular formula is C18H18N4O4S. The van der Waals surface area contributed by atoms with Crippen molar-refractivity contribution in [3.63, 3.8) is 0 Å².